The zero-order valence-corrected chi connectivity index (χ0v) is 22.4. The van der Waals surface area contributed by atoms with Crippen molar-refractivity contribution >= 4 is 28.1 Å². The molecule has 3 heterocycles. The number of nitrogens with one attached hydrogen (secondary N) is 1. The molecular weight excluding hydrogens is 480 g/mol. The molecule has 36 heavy (non-hydrogen) atoms. The largest absolute Gasteiger partial charge is 0.377 e. The number of carbonyl (C=O) groups excluding carboxylic acids is 1. The Balaban J connectivity index is 1.50. The number of aromatic nitrogens is 2. The van der Waals surface area contributed by atoms with Gasteiger partial charge in [-0.25, -0.2) is 14.8 Å². The summed E-state index contributed by atoms with van der Waals surface area (Å²) in [5.74, 6) is 1.31. The standard InChI is InChI=1S/C25H38N6O4S/c1-18-16-35-14-13-31(18)23-15-21(17-36(4,33)34)26-24(28-23)19-5-7-20(8-6-19)27-25(32)30-11-9-22(10-12-30)29(2)3/h5-8,15,18,22,33-34H,9-14,16-17H2,1-4H3,(H,27,32)/t18-/m0/s1. The third kappa shape index (κ3) is 6.86. The second-order valence-electron chi connectivity index (χ2n) is 9.99. The number of hydrogen-bond donors (Lipinski definition) is 3. The fraction of sp³-hybridized carbons (Fsp3) is 0.560. The molecule has 2 saturated heterocycles. The summed E-state index contributed by atoms with van der Waals surface area (Å²) in [6, 6.07) is 9.86. The SMILES string of the molecule is C[C@H]1COCCN1c1cc(CS(C)(O)O)nc(-c2ccc(NC(=O)N3CCC(N(C)C)CC3)cc2)n1. The lowest BCUT2D eigenvalue weighted by Gasteiger charge is -2.35. The summed E-state index contributed by atoms with van der Waals surface area (Å²) in [6.45, 7) is 5.49. The van der Waals surface area contributed by atoms with Crippen LogP contribution in [0.2, 0.25) is 0 Å². The highest BCUT2D eigenvalue weighted by Crippen LogP contribution is 2.38. The number of hydrogen-bond acceptors (Lipinski definition) is 8. The van der Waals surface area contributed by atoms with E-state index in [4.69, 9.17) is 9.72 Å². The van der Waals surface area contributed by atoms with Crippen molar-refractivity contribution in [3.63, 3.8) is 0 Å². The first-order chi connectivity index (χ1) is 17.1. The van der Waals surface area contributed by atoms with Gasteiger partial charge in [-0.05, 0) is 58.1 Å². The summed E-state index contributed by atoms with van der Waals surface area (Å²) < 4.78 is 25.7. The quantitative estimate of drug-likeness (QED) is 0.529. The maximum atomic E-state index is 12.7. The van der Waals surface area contributed by atoms with Gasteiger partial charge < -0.3 is 24.8 Å². The van der Waals surface area contributed by atoms with Gasteiger partial charge in [-0.15, -0.1) is 0 Å². The van der Waals surface area contributed by atoms with Gasteiger partial charge in [0.05, 0.1) is 30.7 Å². The maximum Gasteiger partial charge on any atom is 0.321 e. The topological polar surface area (TPSA) is 114 Å². The molecule has 1 aromatic carbocycles. The van der Waals surface area contributed by atoms with Crippen LogP contribution in [0.5, 0.6) is 0 Å². The number of ether oxygens (including phenoxy) is 1. The molecule has 1 aromatic heterocycles. The molecule has 2 aliphatic rings. The average molecular weight is 519 g/mol. The number of benzene rings is 1. The Morgan fingerprint density at radius 3 is 2.47 bits per heavy atom. The van der Waals surface area contributed by atoms with E-state index >= 15 is 0 Å². The van der Waals surface area contributed by atoms with Gasteiger partial charge in [0, 0.05) is 49.2 Å². The Hall–Kier alpha value is -2.44. The summed E-state index contributed by atoms with van der Waals surface area (Å²) in [7, 11) is 1.40. The van der Waals surface area contributed by atoms with Crippen molar-refractivity contribution in [3.05, 3.63) is 36.0 Å². The summed E-state index contributed by atoms with van der Waals surface area (Å²) in [5, 5.41) is 2.99. The van der Waals surface area contributed by atoms with Crippen LogP contribution in [0.3, 0.4) is 0 Å². The lowest BCUT2D eigenvalue weighted by molar-refractivity contribution is 0.0985. The Morgan fingerprint density at radius 1 is 1.17 bits per heavy atom. The first kappa shape index (κ1) is 26.6. The van der Waals surface area contributed by atoms with Crippen LogP contribution in [-0.4, -0.2) is 100 Å². The third-order valence-corrected chi connectivity index (χ3v) is 7.57. The van der Waals surface area contributed by atoms with Gasteiger partial charge in [-0.3, -0.25) is 9.11 Å². The van der Waals surface area contributed by atoms with E-state index in [9.17, 15) is 13.9 Å². The Kier molecular flexibility index (Phi) is 8.36. The molecular formula is C25H38N6O4S. The van der Waals surface area contributed by atoms with Crippen LogP contribution in [-0.2, 0) is 10.5 Å². The predicted octanol–water partition coefficient (Wildman–Crippen LogP) is 3.81. The predicted molar refractivity (Wildman–Crippen MR) is 145 cm³/mol. The smallest absolute Gasteiger partial charge is 0.321 e. The van der Waals surface area contributed by atoms with E-state index in [0.717, 1.165) is 37.3 Å². The lowest BCUT2D eigenvalue weighted by Crippen LogP contribution is -2.46. The highest BCUT2D eigenvalue weighted by molar-refractivity contribution is 8.23. The van der Waals surface area contributed by atoms with Crippen molar-refractivity contribution in [1.82, 2.24) is 19.8 Å². The summed E-state index contributed by atoms with van der Waals surface area (Å²) >= 11 is 0. The Labute approximate surface area is 215 Å². The molecule has 0 radical (unpaired) electrons. The molecule has 0 bridgehead atoms. The molecule has 0 spiro atoms. The fourth-order valence-electron chi connectivity index (χ4n) is 4.67. The first-order valence-corrected chi connectivity index (χ1v) is 14.5. The molecule has 4 rings (SSSR count). The summed E-state index contributed by atoms with van der Waals surface area (Å²) in [4.78, 5) is 28.4. The van der Waals surface area contributed by atoms with Crippen LogP contribution in [0.25, 0.3) is 11.4 Å². The van der Waals surface area contributed by atoms with Gasteiger partial charge in [0.25, 0.3) is 0 Å². The van der Waals surface area contributed by atoms with Gasteiger partial charge in [-0.1, -0.05) is 0 Å². The Bertz CT molecular complexity index is 1040. The molecule has 3 N–H and O–H groups in total. The van der Waals surface area contributed by atoms with E-state index in [1.54, 1.807) is 0 Å². The van der Waals surface area contributed by atoms with Crippen molar-refractivity contribution in [3.8, 4) is 11.4 Å². The second kappa shape index (κ2) is 11.3. The lowest BCUT2D eigenvalue weighted by atomic mass is 10.0. The summed E-state index contributed by atoms with van der Waals surface area (Å²) in [6.07, 6.45) is 3.37. The second-order valence-corrected chi connectivity index (χ2v) is 12.3. The van der Waals surface area contributed by atoms with Crippen molar-refractivity contribution in [1.29, 1.82) is 0 Å². The fourth-order valence-corrected chi connectivity index (χ4v) is 5.38. The molecule has 2 amide bonds. The molecule has 2 aromatic rings. The monoisotopic (exact) mass is 518 g/mol. The number of urea groups is 1. The van der Waals surface area contributed by atoms with Crippen LogP contribution in [0.15, 0.2) is 30.3 Å². The zero-order chi connectivity index (χ0) is 25.9. The normalized spacial score (nSPS) is 20.0. The zero-order valence-electron chi connectivity index (χ0n) is 21.6. The van der Waals surface area contributed by atoms with E-state index in [0.29, 0.717) is 43.0 Å². The molecule has 0 unspecified atom stereocenters. The van der Waals surface area contributed by atoms with Gasteiger partial charge >= 0.3 is 6.03 Å². The molecule has 10 nitrogen and oxygen atoms in total. The molecule has 0 aliphatic carbocycles. The van der Waals surface area contributed by atoms with Crippen molar-refractivity contribution in [2.45, 2.75) is 37.6 Å². The van der Waals surface area contributed by atoms with Crippen LogP contribution in [0.4, 0.5) is 16.3 Å². The van der Waals surface area contributed by atoms with Gasteiger partial charge in [-0.2, -0.15) is 10.6 Å². The van der Waals surface area contributed by atoms with Crippen LogP contribution < -0.4 is 10.2 Å². The number of rotatable bonds is 6. The van der Waals surface area contributed by atoms with E-state index in [-0.39, 0.29) is 17.8 Å². The van der Waals surface area contributed by atoms with E-state index < -0.39 is 10.6 Å². The molecule has 11 heteroatoms. The number of carbonyl (C=O) groups is 1. The summed E-state index contributed by atoms with van der Waals surface area (Å²) in [5.41, 5.74) is 2.07. The molecule has 2 aliphatic heterocycles. The van der Waals surface area contributed by atoms with E-state index in [1.807, 2.05) is 35.2 Å². The van der Waals surface area contributed by atoms with Crippen molar-refractivity contribution in [2.75, 3.05) is 63.4 Å². The number of anilines is 2. The van der Waals surface area contributed by atoms with Gasteiger partial charge in [0.15, 0.2) is 5.82 Å². The van der Waals surface area contributed by atoms with Gasteiger partial charge in [0.1, 0.15) is 5.82 Å². The molecule has 2 fully saturated rings. The molecule has 1 atom stereocenters. The van der Waals surface area contributed by atoms with Crippen LogP contribution >= 0.6 is 10.6 Å². The highest BCUT2D eigenvalue weighted by atomic mass is 32.3. The third-order valence-electron chi connectivity index (χ3n) is 6.73. The maximum absolute atomic E-state index is 12.7. The van der Waals surface area contributed by atoms with Crippen LogP contribution in [0.1, 0.15) is 25.5 Å². The average Bonchev–Trinajstić information content (AvgIpc) is 2.83. The minimum atomic E-state index is -2.76. The highest BCUT2D eigenvalue weighted by Gasteiger charge is 2.25. The minimum absolute atomic E-state index is 0.0624. The molecule has 0 saturated carbocycles. The van der Waals surface area contributed by atoms with Crippen LogP contribution in [0, 0.1) is 0 Å². The van der Waals surface area contributed by atoms with Crippen molar-refractivity contribution in [2.24, 2.45) is 0 Å². The number of likely N-dealkylation sites (tertiary alicyclic amines) is 1. The molecule has 198 valence electrons. The van der Waals surface area contributed by atoms with E-state index in [2.05, 4.69) is 41.1 Å². The minimum Gasteiger partial charge on any atom is -0.377 e. The number of piperidine rings is 1. The number of morpholine rings is 1. The first-order valence-electron chi connectivity index (χ1n) is 12.3. The Morgan fingerprint density at radius 2 is 1.86 bits per heavy atom. The van der Waals surface area contributed by atoms with E-state index in [1.165, 1.54) is 6.26 Å². The number of nitrogens with zero attached hydrogens (tertiary/aromatic N) is 5. The van der Waals surface area contributed by atoms with Crippen molar-refractivity contribution < 1.29 is 18.6 Å². The van der Waals surface area contributed by atoms with Gasteiger partial charge in [0.2, 0.25) is 0 Å². The number of amides is 2.